The number of aliphatic imine (C=N–C) groups is 1. The molecular weight excluding hydrogens is 461 g/mol. The number of guanidine groups is 1. The van der Waals surface area contributed by atoms with Crippen LogP contribution in [0.15, 0.2) is 35.3 Å². The van der Waals surface area contributed by atoms with Crippen LogP contribution in [0.25, 0.3) is 0 Å². The second-order valence-electron chi connectivity index (χ2n) is 7.35. The lowest BCUT2D eigenvalue weighted by Gasteiger charge is -2.41. The van der Waals surface area contributed by atoms with Crippen LogP contribution in [-0.4, -0.2) is 45.5 Å². The smallest absolute Gasteiger partial charge is 0.191 e. The number of nitrogens with one attached hydrogen (secondary N) is 2. The van der Waals surface area contributed by atoms with Gasteiger partial charge in [-0.25, -0.2) is 8.42 Å². The minimum Gasteiger partial charge on any atom is -0.357 e. The summed E-state index contributed by atoms with van der Waals surface area (Å²) in [6, 6.07) is 10.7. The van der Waals surface area contributed by atoms with E-state index in [0.29, 0.717) is 18.1 Å². The zero-order chi connectivity index (χ0) is 17.8. The van der Waals surface area contributed by atoms with Gasteiger partial charge >= 0.3 is 0 Å². The summed E-state index contributed by atoms with van der Waals surface area (Å²) in [5.74, 6) is 1.62. The molecule has 2 N–H and O–H groups in total. The third-order valence-electron chi connectivity index (χ3n) is 5.47. The number of hydrogen-bond donors (Lipinski definition) is 2. The first-order chi connectivity index (χ1) is 12.0. The summed E-state index contributed by atoms with van der Waals surface area (Å²) in [4.78, 5) is 4.83. The topological polar surface area (TPSA) is 70.6 Å². The Bertz CT molecular complexity index is 703. The maximum absolute atomic E-state index is 11.6. The molecule has 1 aliphatic heterocycles. The van der Waals surface area contributed by atoms with Crippen molar-refractivity contribution in [2.75, 3.05) is 31.1 Å². The third-order valence-corrected chi connectivity index (χ3v) is 7.30. The minimum atomic E-state index is -2.82. The van der Waals surface area contributed by atoms with E-state index in [9.17, 15) is 8.42 Å². The predicted molar refractivity (Wildman–Crippen MR) is 118 cm³/mol. The van der Waals surface area contributed by atoms with Gasteiger partial charge in [0.25, 0.3) is 0 Å². The minimum absolute atomic E-state index is 0. The second-order valence-corrected chi connectivity index (χ2v) is 9.57. The molecule has 2 fully saturated rings. The lowest BCUT2D eigenvalue weighted by atomic mass is 9.64. The van der Waals surface area contributed by atoms with E-state index in [-0.39, 0.29) is 35.3 Å². The van der Waals surface area contributed by atoms with Crippen molar-refractivity contribution in [1.29, 1.82) is 0 Å². The fraction of sp³-hybridized carbons (Fsp3) is 0.632. The molecule has 2 aliphatic rings. The molecule has 0 amide bonds. The Labute approximate surface area is 174 Å². The molecule has 0 aromatic heterocycles. The van der Waals surface area contributed by atoms with Crippen molar-refractivity contribution in [3.05, 3.63) is 35.9 Å². The van der Waals surface area contributed by atoms with E-state index >= 15 is 0 Å². The van der Waals surface area contributed by atoms with E-state index in [1.165, 1.54) is 24.8 Å². The first kappa shape index (κ1) is 21.5. The SMILES string of the molecule is CCNC(=NCC1(c2ccccc2)CCC1)NCC1CCS(=O)(=O)C1.I. The zero-order valence-electron chi connectivity index (χ0n) is 15.4. The quantitative estimate of drug-likeness (QED) is 0.365. The molecule has 1 aliphatic carbocycles. The van der Waals surface area contributed by atoms with E-state index in [2.05, 4.69) is 41.0 Å². The second kappa shape index (κ2) is 9.39. The number of sulfone groups is 1. The Hall–Kier alpha value is -0.830. The largest absolute Gasteiger partial charge is 0.357 e. The summed E-state index contributed by atoms with van der Waals surface area (Å²) in [5, 5.41) is 6.64. The number of rotatable bonds is 6. The molecule has 1 aromatic carbocycles. The van der Waals surface area contributed by atoms with Crippen LogP contribution in [0.3, 0.4) is 0 Å². The summed E-state index contributed by atoms with van der Waals surface area (Å²) < 4.78 is 23.2. The van der Waals surface area contributed by atoms with E-state index in [1.54, 1.807) is 0 Å². The van der Waals surface area contributed by atoms with Gasteiger partial charge in [-0.1, -0.05) is 36.8 Å². The highest BCUT2D eigenvalue weighted by Crippen LogP contribution is 2.43. The van der Waals surface area contributed by atoms with Crippen molar-refractivity contribution < 1.29 is 8.42 Å². The summed E-state index contributed by atoms with van der Waals surface area (Å²) in [5.41, 5.74) is 1.54. The molecule has 1 atom stereocenters. The van der Waals surface area contributed by atoms with Crippen molar-refractivity contribution in [3.8, 4) is 0 Å². The van der Waals surface area contributed by atoms with Gasteiger partial charge in [0.2, 0.25) is 0 Å². The van der Waals surface area contributed by atoms with E-state index in [4.69, 9.17) is 4.99 Å². The summed E-state index contributed by atoms with van der Waals surface area (Å²) in [6.45, 7) is 4.29. The Kier molecular flexibility index (Phi) is 7.76. The Morgan fingerprint density at radius 2 is 1.96 bits per heavy atom. The van der Waals surface area contributed by atoms with Gasteiger partial charge in [-0.2, -0.15) is 0 Å². The number of nitrogens with zero attached hydrogens (tertiary/aromatic N) is 1. The standard InChI is InChI=1S/C19H29N3O2S.HI/c1-2-20-18(21-13-16-9-12-25(23,24)14-16)22-15-19(10-6-11-19)17-7-4-3-5-8-17;/h3-5,7-8,16H,2,6,9-15H2,1H3,(H2,20,21,22);1H. The normalized spacial score (nSPS) is 23.6. The van der Waals surface area contributed by atoms with E-state index in [1.807, 2.05) is 6.92 Å². The number of halogens is 1. The molecule has 0 radical (unpaired) electrons. The molecule has 1 heterocycles. The van der Waals surface area contributed by atoms with E-state index < -0.39 is 9.84 Å². The summed E-state index contributed by atoms with van der Waals surface area (Å²) in [6.07, 6.45) is 4.37. The molecule has 1 saturated carbocycles. The summed E-state index contributed by atoms with van der Waals surface area (Å²) in [7, 11) is -2.82. The van der Waals surface area contributed by atoms with Gasteiger partial charge in [-0.3, -0.25) is 4.99 Å². The van der Waals surface area contributed by atoms with Crippen LogP contribution >= 0.6 is 24.0 Å². The fourth-order valence-corrected chi connectivity index (χ4v) is 5.64. The summed E-state index contributed by atoms with van der Waals surface area (Å²) >= 11 is 0. The molecule has 1 unspecified atom stereocenters. The molecule has 1 aromatic rings. The lowest BCUT2D eigenvalue weighted by molar-refractivity contribution is 0.253. The van der Waals surface area contributed by atoms with Crippen LogP contribution in [0.4, 0.5) is 0 Å². The molecule has 0 spiro atoms. The van der Waals surface area contributed by atoms with Crippen LogP contribution < -0.4 is 10.6 Å². The van der Waals surface area contributed by atoms with Crippen LogP contribution in [-0.2, 0) is 15.3 Å². The van der Waals surface area contributed by atoms with Gasteiger partial charge in [0.15, 0.2) is 15.8 Å². The van der Waals surface area contributed by atoms with Gasteiger partial charge in [0.05, 0.1) is 18.1 Å². The highest BCUT2D eigenvalue weighted by atomic mass is 127. The highest BCUT2D eigenvalue weighted by molar-refractivity contribution is 14.0. The first-order valence-electron chi connectivity index (χ1n) is 9.31. The van der Waals surface area contributed by atoms with Gasteiger partial charge < -0.3 is 10.6 Å². The molecule has 26 heavy (non-hydrogen) atoms. The zero-order valence-corrected chi connectivity index (χ0v) is 18.6. The van der Waals surface area contributed by atoms with Gasteiger partial charge in [-0.05, 0) is 37.7 Å². The third kappa shape index (κ3) is 5.34. The van der Waals surface area contributed by atoms with E-state index in [0.717, 1.165) is 25.5 Å². The molecule has 7 heteroatoms. The van der Waals surface area contributed by atoms with Crippen molar-refractivity contribution in [3.63, 3.8) is 0 Å². The maximum atomic E-state index is 11.6. The molecular formula is C19H30IN3O2S. The first-order valence-corrected chi connectivity index (χ1v) is 11.1. The molecule has 1 saturated heterocycles. The van der Waals surface area contributed by atoms with Crippen molar-refractivity contribution >= 4 is 39.8 Å². The van der Waals surface area contributed by atoms with Gasteiger partial charge in [0.1, 0.15) is 0 Å². The highest BCUT2D eigenvalue weighted by Gasteiger charge is 2.38. The number of benzene rings is 1. The average molecular weight is 491 g/mol. The van der Waals surface area contributed by atoms with Crippen LogP contribution in [0, 0.1) is 5.92 Å². The lowest BCUT2D eigenvalue weighted by Crippen LogP contribution is -2.43. The van der Waals surface area contributed by atoms with Crippen LogP contribution in [0.2, 0.25) is 0 Å². The van der Waals surface area contributed by atoms with Crippen LogP contribution in [0.5, 0.6) is 0 Å². The Morgan fingerprint density at radius 1 is 1.23 bits per heavy atom. The fourth-order valence-electron chi connectivity index (χ4n) is 3.78. The van der Waals surface area contributed by atoms with Crippen molar-refractivity contribution in [2.24, 2.45) is 10.9 Å². The molecule has 3 rings (SSSR count). The number of hydrogen-bond acceptors (Lipinski definition) is 3. The Balaban J connectivity index is 0.00000243. The molecule has 0 bridgehead atoms. The predicted octanol–water partition coefficient (Wildman–Crippen LogP) is 2.72. The van der Waals surface area contributed by atoms with Crippen LogP contribution in [0.1, 0.15) is 38.2 Å². The Morgan fingerprint density at radius 3 is 2.50 bits per heavy atom. The molecule has 146 valence electrons. The van der Waals surface area contributed by atoms with Gasteiger partial charge in [-0.15, -0.1) is 24.0 Å². The van der Waals surface area contributed by atoms with Crippen molar-refractivity contribution in [2.45, 2.75) is 38.0 Å². The monoisotopic (exact) mass is 491 g/mol. The maximum Gasteiger partial charge on any atom is 0.191 e. The van der Waals surface area contributed by atoms with Gasteiger partial charge in [0, 0.05) is 18.5 Å². The average Bonchev–Trinajstić information content (AvgIpc) is 2.91. The van der Waals surface area contributed by atoms with Crippen molar-refractivity contribution in [1.82, 2.24) is 10.6 Å². The molecule has 5 nitrogen and oxygen atoms in total.